The fourth-order valence-corrected chi connectivity index (χ4v) is 0.765. The van der Waals surface area contributed by atoms with Crippen molar-refractivity contribution in [3.63, 3.8) is 0 Å². The van der Waals surface area contributed by atoms with Gasteiger partial charge in [-0.15, -0.1) is 0 Å². The summed E-state index contributed by atoms with van der Waals surface area (Å²) < 4.78 is 22.7. The summed E-state index contributed by atoms with van der Waals surface area (Å²) in [6.07, 6.45) is 1.28. The van der Waals surface area contributed by atoms with Gasteiger partial charge in [0.05, 0.1) is 12.3 Å². The molecule has 0 aromatic carbocycles. The molecule has 0 saturated carbocycles. The number of nitrogens with one attached hydrogen (secondary N) is 1. The summed E-state index contributed by atoms with van der Waals surface area (Å²) in [5.74, 6) is 0. The third-order valence-corrected chi connectivity index (χ3v) is 1.33. The second-order valence-corrected chi connectivity index (χ2v) is 3.41. The average molecular weight is 148 g/mol. The SMILES string of the molecule is CS(=O)(=O)NCCC#N. The molecule has 0 aliphatic rings. The van der Waals surface area contributed by atoms with E-state index in [-0.39, 0.29) is 13.0 Å². The Morgan fingerprint density at radius 2 is 2.22 bits per heavy atom. The lowest BCUT2D eigenvalue weighted by atomic mass is 10.5. The molecule has 0 amide bonds. The Bertz CT molecular complexity index is 201. The Kier molecular flexibility index (Phi) is 3.20. The highest BCUT2D eigenvalue weighted by Gasteiger charge is 1.96. The van der Waals surface area contributed by atoms with E-state index < -0.39 is 10.0 Å². The predicted octanol–water partition coefficient (Wildman–Crippen LogP) is -0.551. The lowest BCUT2D eigenvalue weighted by Crippen LogP contribution is -2.22. The van der Waals surface area contributed by atoms with E-state index in [2.05, 4.69) is 4.72 Å². The molecule has 0 bridgehead atoms. The van der Waals surface area contributed by atoms with Crippen LogP contribution in [-0.4, -0.2) is 21.2 Å². The Morgan fingerprint density at radius 1 is 1.67 bits per heavy atom. The number of nitriles is 1. The van der Waals surface area contributed by atoms with Crippen LogP contribution in [0.15, 0.2) is 0 Å². The highest BCUT2D eigenvalue weighted by atomic mass is 32.2. The molecule has 0 aromatic heterocycles. The van der Waals surface area contributed by atoms with E-state index in [4.69, 9.17) is 5.26 Å². The third kappa shape index (κ3) is 7.40. The third-order valence-electron chi connectivity index (χ3n) is 0.601. The number of nitrogens with zero attached hydrogens (tertiary/aromatic N) is 1. The van der Waals surface area contributed by atoms with Gasteiger partial charge in [-0.1, -0.05) is 0 Å². The quantitative estimate of drug-likeness (QED) is 0.546. The number of sulfonamides is 1. The minimum atomic E-state index is -3.10. The number of hydrogen-bond acceptors (Lipinski definition) is 3. The first kappa shape index (κ1) is 8.40. The van der Waals surface area contributed by atoms with Crippen LogP contribution in [0, 0.1) is 11.3 Å². The Labute approximate surface area is 54.5 Å². The molecule has 0 radical (unpaired) electrons. The number of hydrogen-bond donors (Lipinski definition) is 1. The average Bonchev–Trinajstić information content (AvgIpc) is 1.63. The number of rotatable bonds is 3. The molecular weight excluding hydrogens is 140 g/mol. The summed E-state index contributed by atoms with van der Waals surface area (Å²) in [4.78, 5) is 0. The molecule has 0 unspecified atom stereocenters. The molecule has 52 valence electrons. The van der Waals surface area contributed by atoms with E-state index in [0.717, 1.165) is 6.26 Å². The van der Waals surface area contributed by atoms with Crippen molar-refractivity contribution in [2.75, 3.05) is 12.8 Å². The van der Waals surface area contributed by atoms with E-state index in [0.29, 0.717) is 0 Å². The van der Waals surface area contributed by atoms with Crippen molar-refractivity contribution < 1.29 is 8.42 Å². The monoisotopic (exact) mass is 148 g/mol. The highest BCUT2D eigenvalue weighted by molar-refractivity contribution is 7.88. The van der Waals surface area contributed by atoms with Crippen LogP contribution in [0.5, 0.6) is 0 Å². The van der Waals surface area contributed by atoms with Gasteiger partial charge >= 0.3 is 0 Å². The van der Waals surface area contributed by atoms with Gasteiger partial charge in [-0.2, -0.15) is 5.26 Å². The van der Waals surface area contributed by atoms with E-state index in [1.165, 1.54) is 0 Å². The summed E-state index contributed by atoms with van der Waals surface area (Å²) in [7, 11) is -3.10. The summed E-state index contributed by atoms with van der Waals surface area (Å²) >= 11 is 0. The van der Waals surface area contributed by atoms with Crippen LogP contribution in [0.3, 0.4) is 0 Å². The Hall–Kier alpha value is -0.600. The van der Waals surface area contributed by atoms with E-state index >= 15 is 0 Å². The minimum Gasteiger partial charge on any atom is -0.214 e. The van der Waals surface area contributed by atoms with Crippen LogP contribution in [0.2, 0.25) is 0 Å². The molecule has 0 aliphatic heterocycles. The van der Waals surface area contributed by atoms with Gasteiger partial charge in [0.1, 0.15) is 0 Å². The Balaban J connectivity index is 3.44. The first-order chi connectivity index (χ1) is 4.06. The maximum atomic E-state index is 10.3. The second kappa shape index (κ2) is 3.43. The zero-order chi connectivity index (χ0) is 7.33. The maximum absolute atomic E-state index is 10.3. The predicted molar refractivity (Wildman–Crippen MR) is 33.1 cm³/mol. The van der Waals surface area contributed by atoms with Gasteiger partial charge in [0.25, 0.3) is 0 Å². The lowest BCUT2D eigenvalue weighted by Gasteiger charge is -1.94. The van der Waals surface area contributed by atoms with Crippen molar-refractivity contribution in [3.05, 3.63) is 0 Å². The molecule has 0 heterocycles. The van der Waals surface area contributed by atoms with E-state index in [1.807, 2.05) is 6.07 Å². The second-order valence-electron chi connectivity index (χ2n) is 1.57. The maximum Gasteiger partial charge on any atom is 0.208 e. The van der Waals surface area contributed by atoms with Crippen LogP contribution >= 0.6 is 0 Å². The molecule has 0 aromatic rings. The van der Waals surface area contributed by atoms with Crippen molar-refractivity contribution in [1.29, 1.82) is 5.26 Å². The van der Waals surface area contributed by atoms with Gasteiger partial charge in [0.2, 0.25) is 10.0 Å². The molecule has 5 heteroatoms. The van der Waals surface area contributed by atoms with Crippen molar-refractivity contribution in [2.24, 2.45) is 0 Å². The lowest BCUT2D eigenvalue weighted by molar-refractivity contribution is 0.588. The topological polar surface area (TPSA) is 70.0 Å². The van der Waals surface area contributed by atoms with Crippen LogP contribution < -0.4 is 4.72 Å². The minimum absolute atomic E-state index is 0.204. The molecule has 0 fully saturated rings. The molecule has 0 aliphatic carbocycles. The summed E-state index contributed by atoms with van der Waals surface area (Å²) in [6, 6.07) is 1.81. The van der Waals surface area contributed by atoms with Gasteiger partial charge in [0, 0.05) is 13.0 Å². The van der Waals surface area contributed by atoms with Gasteiger partial charge in [0.15, 0.2) is 0 Å². The van der Waals surface area contributed by atoms with Crippen LogP contribution in [0.25, 0.3) is 0 Å². The summed E-state index contributed by atoms with van der Waals surface area (Å²) in [6.45, 7) is 0.204. The van der Waals surface area contributed by atoms with Gasteiger partial charge in [-0.3, -0.25) is 0 Å². The molecule has 0 atom stereocenters. The molecule has 0 rings (SSSR count). The smallest absolute Gasteiger partial charge is 0.208 e. The van der Waals surface area contributed by atoms with Gasteiger partial charge in [-0.25, -0.2) is 13.1 Å². The van der Waals surface area contributed by atoms with Gasteiger partial charge in [-0.05, 0) is 0 Å². The van der Waals surface area contributed by atoms with Gasteiger partial charge < -0.3 is 0 Å². The first-order valence-corrected chi connectivity index (χ1v) is 4.27. The van der Waals surface area contributed by atoms with Crippen molar-refractivity contribution in [3.8, 4) is 6.07 Å². The standard InChI is InChI=1S/C4H8N2O2S/c1-9(7,8)6-4-2-3-5/h6H,2,4H2,1H3. The zero-order valence-electron chi connectivity index (χ0n) is 5.09. The molecule has 1 N–H and O–H groups in total. The molecule has 9 heavy (non-hydrogen) atoms. The van der Waals surface area contributed by atoms with E-state index in [1.54, 1.807) is 0 Å². The van der Waals surface area contributed by atoms with Crippen molar-refractivity contribution in [1.82, 2.24) is 4.72 Å². The molecule has 0 saturated heterocycles. The van der Waals surface area contributed by atoms with Crippen LogP contribution in [0.4, 0.5) is 0 Å². The van der Waals surface area contributed by atoms with Crippen molar-refractivity contribution in [2.45, 2.75) is 6.42 Å². The van der Waals surface area contributed by atoms with Crippen LogP contribution in [0.1, 0.15) is 6.42 Å². The molecule has 0 spiro atoms. The van der Waals surface area contributed by atoms with Crippen molar-refractivity contribution >= 4 is 10.0 Å². The largest absolute Gasteiger partial charge is 0.214 e. The van der Waals surface area contributed by atoms with Crippen LogP contribution in [-0.2, 0) is 10.0 Å². The molecular formula is C4H8N2O2S. The summed E-state index contributed by atoms with van der Waals surface area (Å²) in [5.41, 5.74) is 0. The van der Waals surface area contributed by atoms with E-state index in [9.17, 15) is 8.42 Å². The molecule has 4 nitrogen and oxygen atoms in total. The first-order valence-electron chi connectivity index (χ1n) is 2.38. The fourth-order valence-electron chi connectivity index (χ4n) is 0.292. The zero-order valence-corrected chi connectivity index (χ0v) is 5.90. The highest BCUT2D eigenvalue weighted by Crippen LogP contribution is 1.75. The normalized spacial score (nSPS) is 10.7. The fraction of sp³-hybridized carbons (Fsp3) is 0.750. The Morgan fingerprint density at radius 3 is 2.56 bits per heavy atom. The summed E-state index contributed by atoms with van der Waals surface area (Å²) in [5, 5.41) is 7.98.